The summed E-state index contributed by atoms with van der Waals surface area (Å²) >= 11 is 5.57. The molecule has 0 aliphatic carbocycles. The molecule has 5 heteroatoms. The number of ether oxygens (including phenoxy) is 1. The summed E-state index contributed by atoms with van der Waals surface area (Å²) in [5.74, 6) is 4.62. The summed E-state index contributed by atoms with van der Waals surface area (Å²) in [4.78, 5) is 0. The van der Waals surface area contributed by atoms with Crippen LogP contribution in [0.4, 0.5) is 10.1 Å². The molecule has 0 saturated carbocycles. The van der Waals surface area contributed by atoms with Gasteiger partial charge in [-0.15, -0.1) is 0 Å². The second-order valence-electron chi connectivity index (χ2n) is 2.11. The molecule has 0 heterocycles. The Morgan fingerprint density at radius 3 is 2.75 bits per heavy atom. The van der Waals surface area contributed by atoms with Gasteiger partial charge in [0, 0.05) is 5.02 Å². The van der Waals surface area contributed by atoms with Crippen LogP contribution < -0.4 is 16.0 Å². The van der Waals surface area contributed by atoms with E-state index >= 15 is 0 Å². The summed E-state index contributed by atoms with van der Waals surface area (Å²) in [6, 6.07) is 2.63. The smallest absolute Gasteiger partial charge is 0.179 e. The Labute approximate surface area is 74.2 Å². The molecule has 1 rings (SSSR count). The van der Waals surface area contributed by atoms with Crippen molar-refractivity contribution < 1.29 is 9.13 Å². The molecule has 1 aromatic carbocycles. The van der Waals surface area contributed by atoms with E-state index < -0.39 is 5.82 Å². The summed E-state index contributed by atoms with van der Waals surface area (Å²) in [6.45, 7) is 0. The van der Waals surface area contributed by atoms with E-state index in [0.29, 0.717) is 5.69 Å². The second kappa shape index (κ2) is 3.60. The first kappa shape index (κ1) is 9.09. The molecule has 0 saturated heterocycles. The Balaban J connectivity index is 3.24. The minimum absolute atomic E-state index is 0.0573. The fourth-order valence-corrected chi connectivity index (χ4v) is 1.08. The molecule has 12 heavy (non-hydrogen) atoms. The normalized spacial score (nSPS) is 9.67. The number of halogens is 2. The van der Waals surface area contributed by atoms with Crippen LogP contribution >= 0.6 is 11.6 Å². The molecular weight excluding hydrogens is 183 g/mol. The van der Waals surface area contributed by atoms with Crippen molar-refractivity contribution in [2.45, 2.75) is 0 Å². The highest BCUT2D eigenvalue weighted by atomic mass is 35.5. The number of methoxy groups -OCH3 is 1. The first-order valence-corrected chi connectivity index (χ1v) is 3.56. The minimum Gasteiger partial charge on any atom is -0.492 e. The molecule has 0 unspecified atom stereocenters. The molecule has 0 spiro atoms. The number of benzene rings is 1. The predicted molar refractivity (Wildman–Crippen MR) is 45.8 cm³/mol. The van der Waals surface area contributed by atoms with Gasteiger partial charge in [-0.05, 0) is 12.1 Å². The SMILES string of the molecule is COc1c(F)cc(Cl)cc1NN. The molecule has 0 aromatic heterocycles. The van der Waals surface area contributed by atoms with E-state index in [-0.39, 0.29) is 10.8 Å². The molecule has 0 aliphatic rings. The van der Waals surface area contributed by atoms with Gasteiger partial charge in [-0.3, -0.25) is 5.84 Å². The predicted octanol–water partition coefficient (Wildman–Crippen LogP) is 1.77. The number of hydrazine groups is 1. The number of rotatable bonds is 2. The Kier molecular flexibility index (Phi) is 2.73. The van der Waals surface area contributed by atoms with Crippen LogP contribution in [0.1, 0.15) is 0 Å². The van der Waals surface area contributed by atoms with Gasteiger partial charge in [-0.25, -0.2) is 4.39 Å². The highest BCUT2D eigenvalue weighted by Crippen LogP contribution is 2.30. The summed E-state index contributed by atoms with van der Waals surface area (Å²) in [6.07, 6.45) is 0. The van der Waals surface area contributed by atoms with Gasteiger partial charge in [-0.1, -0.05) is 11.6 Å². The van der Waals surface area contributed by atoms with Crippen LogP contribution in [0.25, 0.3) is 0 Å². The Morgan fingerprint density at radius 1 is 1.58 bits per heavy atom. The number of hydrogen-bond acceptors (Lipinski definition) is 3. The van der Waals surface area contributed by atoms with Crippen LogP contribution in [0.3, 0.4) is 0 Å². The zero-order valence-electron chi connectivity index (χ0n) is 6.40. The van der Waals surface area contributed by atoms with Gasteiger partial charge in [0.05, 0.1) is 12.8 Å². The Bertz CT molecular complexity index is 293. The average Bonchev–Trinajstić information content (AvgIpc) is 2.03. The average molecular weight is 191 g/mol. The lowest BCUT2D eigenvalue weighted by atomic mass is 10.3. The fraction of sp³-hybridized carbons (Fsp3) is 0.143. The zero-order valence-corrected chi connectivity index (χ0v) is 7.15. The Hall–Kier alpha value is -1.00. The molecule has 0 aliphatic heterocycles. The standard InChI is InChI=1S/C7H8ClFN2O/c1-12-7-5(9)2-4(8)3-6(7)11-10/h2-3,11H,10H2,1H3. The molecule has 0 fully saturated rings. The van der Waals surface area contributed by atoms with Gasteiger partial charge < -0.3 is 10.2 Å². The third-order valence-corrected chi connectivity index (χ3v) is 1.59. The number of nitrogens with two attached hydrogens (primary N) is 1. The van der Waals surface area contributed by atoms with Crippen LogP contribution in [-0.2, 0) is 0 Å². The first-order valence-electron chi connectivity index (χ1n) is 3.18. The summed E-state index contributed by atoms with van der Waals surface area (Å²) < 4.78 is 17.7. The maximum absolute atomic E-state index is 13.0. The lowest BCUT2D eigenvalue weighted by molar-refractivity contribution is 0.388. The maximum Gasteiger partial charge on any atom is 0.179 e. The highest BCUT2D eigenvalue weighted by Gasteiger charge is 2.09. The third kappa shape index (κ3) is 1.60. The van der Waals surface area contributed by atoms with Crippen LogP contribution in [-0.4, -0.2) is 7.11 Å². The molecule has 0 bridgehead atoms. The van der Waals surface area contributed by atoms with Crippen molar-refractivity contribution in [3.63, 3.8) is 0 Å². The number of nitrogen functional groups attached to an aromatic ring is 1. The topological polar surface area (TPSA) is 47.3 Å². The summed E-state index contributed by atoms with van der Waals surface area (Å²) in [5, 5.41) is 0.265. The first-order chi connectivity index (χ1) is 5.69. The van der Waals surface area contributed by atoms with Crippen LogP contribution in [0.15, 0.2) is 12.1 Å². The molecule has 1 aromatic rings. The van der Waals surface area contributed by atoms with Gasteiger partial charge in [0.1, 0.15) is 0 Å². The van der Waals surface area contributed by atoms with Gasteiger partial charge in [-0.2, -0.15) is 0 Å². The van der Waals surface area contributed by atoms with Crippen LogP contribution in [0.5, 0.6) is 5.75 Å². The van der Waals surface area contributed by atoms with E-state index in [1.165, 1.54) is 13.2 Å². The summed E-state index contributed by atoms with van der Waals surface area (Å²) in [5.41, 5.74) is 2.60. The second-order valence-corrected chi connectivity index (χ2v) is 2.55. The van der Waals surface area contributed by atoms with Crippen molar-refractivity contribution in [2.24, 2.45) is 5.84 Å². The molecule has 3 N–H and O–H groups in total. The number of nitrogens with one attached hydrogen (secondary N) is 1. The number of hydrogen-bond donors (Lipinski definition) is 2. The lowest BCUT2D eigenvalue weighted by Crippen LogP contribution is -2.08. The Morgan fingerprint density at radius 2 is 2.25 bits per heavy atom. The van der Waals surface area contributed by atoms with Gasteiger partial charge in [0.15, 0.2) is 11.6 Å². The van der Waals surface area contributed by atoms with Gasteiger partial charge >= 0.3 is 0 Å². The van der Waals surface area contributed by atoms with E-state index in [9.17, 15) is 4.39 Å². The van der Waals surface area contributed by atoms with Crippen LogP contribution in [0.2, 0.25) is 5.02 Å². The van der Waals surface area contributed by atoms with Crippen molar-refractivity contribution in [1.29, 1.82) is 0 Å². The van der Waals surface area contributed by atoms with E-state index in [4.69, 9.17) is 22.2 Å². The molecule has 3 nitrogen and oxygen atoms in total. The van der Waals surface area contributed by atoms with Crippen molar-refractivity contribution >= 4 is 17.3 Å². The van der Waals surface area contributed by atoms with E-state index in [1.54, 1.807) is 0 Å². The van der Waals surface area contributed by atoms with Crippen molar-refractivity contribution in [1.82, 2.24) is 0 Å². The molecular formula is C7H8ClFN2O. The van der Waals surface area contributed by atoms with E-state index in [2.05, 4.69) is 5.43 Å². The minimum atomic E-state index is -0.544. The van der Waals surface area contributed by atoms with Gasteiger partial charge in [0.25, 0.3) is 0 Å². The molecule has 0 radical (unpaired) electrons. The van der Waals surface area contributed by atoms with E-state index in [1.807, 2.05) is 0 Å². The maximum atomic E-state index is 13.0. The number of anilines is 1. The fourth-order valence-electron chi connectivity index (χ4n) is 0.875. The molecule has 0 atom stereocenters. The van der Waals surface area contributed by atoms with Crippen molar-refractivity contribution in [3.8, 4) is 5.75 Å². The molecule has 0 amide bonds. The van der Waals surface area contributed by atoms with Crippen molar-refractivity contribution in [3.05, 3.63) is 23.0 Å². The molecule has 66 valence electrons. The monoisotopic (exact) mass is 190 g/mol. The quantitative estimate of drug-likeness (QED) is 0.552. The zero-order chi connectivity index (χ0) is 9.14. The third-order valence-electron chi connectivity index (χ3n) is 1.37. The lowest BCUT2D eigenvalue weighted by Gasteiger charge is -2.08. The largest absolute Gasteiger partial charge is 0.492 e. The summed E-state index contributed by atoms with van der Waals surface area (Å²) in [7, 11) is 1.35. The van der Waals surface area contributed by atoms with E-state index in [0.717, 1.165) is 6.07 Å². The van der Waals surface area contributed by atoms with Crippen LogP contribution in [0, 0.1) is 5.82 Å². The van der Waals surface area contributed by atoms with Gasteiger partial charge in [0.2, 0.25) is 0 Å². The highest BCUT2D eigenvalue weighted by molar-refractivity contribution is 6.30. The van der Waals surface area contributed by atoms with Crippen molar-refractivity contribution in [2.75, 3.05) is 12.5 Å².